The van der Waals surface area contributed by atoms with E-state index in [-0.39, 0.29) is 6.10 Å². The molecule has 0 aliphatic carbocycles. The van der Waals surface area contributed by atoms with Crippen LogP contribution >= 0.6 is 8.18 Å². The Morgan fingerprint density at radius 1 is 1.50 bits per heavy atom. The SMILES string of the molecule is C#C[C@@]1(O)[C@H](O)[C@@H](CO[PH](=O)N[C@@H](C)C(=O)OC(C)C)O[C@H]1n1ccc(=O)[nH]c1=O. The number of aromatic amines is 1. The van der Waals surface area contributed by atoms with Crippen LogP contribution in [0.25, 0.3) is 0 Å². The van der Waals surface area contributed by atoms with Crippen LogP contribution in [0.5, 0.6) is 0 Å². The molecule has 1 aliphatic heterocycles. The van der Waals surface area contributed by atoms with Crippen molar-refractivity contribution < 1.29 is 33.6 Å². The maximum absolute atomic E-state index is 12.1. The van der Waals surface area contributed by atoms with E-state index in [2.05, 4.69) is 5.09 Å². The van der Waals surface area contributed by atoms with Crippen molar-refractivity contribution in [2.75, 3.05) is 6.61 Å². The highest BCUT2D eigenvalue weighted by Gasteiger charge is 2.56. The Bertz CT molecular complexity index is 953. The van der Waals surface area contributed by atoms with E-state index in [0.29, 0.717) is 0 Å². The number of nitrogens with zero attached hydrogens (tertiary/aromatic N) is 1. The van der Waals surface area contributed by atoms with Gasteiger partial charge in [0.15, 0.2) is 11.8 Å². The van der Waals surface area contributed by atoms with E-state index in [1.807, 2.05) is 10.9 Å². The first-order valence-electron chi connectivity index (χ1n) is 8.98. The van der Waals surface area contributed by atoms with Gasteiger partial charge in [-0.25, -0.2) is 9.88 Å². The van der Waals surface area contributed by atoms with Gasteiger partial charge >= 0.3 is 11.7 Å². The van der Waals surface area contributed by atoms with Gasteiger partial charge in [0.05, 0.1) is 12.7 Å². The molecule has 166 valence electrons. The highest BCUT2D eigenvalue weighted by Crippen LogP contribution is 2.38. The molecule has 0 aromatic carbocycles. The largest absolute Gasteiger partial charge is 0.462 e. The zero-order valence-corrected chi connectivity index (χ0v) is 17.5. The molecular weight excluding hydrogens is 421 g/mol. The van der Waals surface area contributed by atoms with Crippen molar-refractivity contribution in [3.05, 3.63) is 33.1 Å². The van der Waals surface area contributed by atoms with Crippen LogP contribution in [-0.2, 0) is 23.4 Å². The Morgan fingerprint density at radius 2 is 2.17 bits per heavy atom. The summed E-state index contributed by atoms with van der Waals surface area (Å²) in [4.78, 5) is 37.0. The zero-order valence-electron chi connectivity index (χ0n) is 16.5. The summed E-state index contributed by atoms with van der Waals surface area (Å²) in [7, 11) is -2.96. The van der Waals surface area contributed by atoms with Gasteiger partial charge in [0, 0.05) is 12.3 Å². The first-order chi connectivity index (χ1) is 14.0. The van der Waals surface area contributed by atoms with Gasteiger partial charge in [-0.15, -0.1) is 6.42 Å². The fraction of sp³-hybridized carbons (Fsp3) is 0.588. The number of carbonyl (C=O) groups excluding carboxylic acids is 1. The summed E-state index contributed by atoms with van der Waals surface area (Å²) >= 11 is 0. The molecule has 0 radical (unpaired) electrons. The highest BCUT2D eigenvalue weighted by atomic mass is 31.1. The highest BCUT2D eigenvalue weighted by molar-refractivity contribution is 7.36. The molecule has 6 atom stereocenters. The standard InChI is InChI=1S/C17H24N3O9P/c1-5-17(25)13(22)11(29-15(17)20-7-6-12(21)18-16(20)24)8-27-30(26)19-10(4)14(23)28-9(2)3/h1,6-7,9-11,13,15,22,25,30H,8H2,2-4H3,(H,19,26)(H,18,21,24)/t10-,11+,13+,15+,17+/m0/s1. The van der Waals surface area contributed by atoms with Crippen LogP contribution in [0, 0.1) is 12.3 Å². The third-order valence-corrected chi connectivity index (χ3v) is 5.33. The minimum atomic E-state index is -2.96. The van der Waals surface area contributed by atoms with Gasteiger partial charge in [-0.2, -0.15) is 0 Å². The molecule has 0 bridgehead atoms. The zero-order chi connectivity index (χ0) is 22.6. The predicted molar refractivity (Wildman–Crippen MR) is 104 cm³/mol. The van der Waals surface area contributed by atoms with Gasteiger partial charge in [0.2, 0.25) is 0 Å². The quantitative estimate of drug-likeness (QED) is 0.210. The number of aliphatic hydroxyl groups is 2. The molecule has 1 saturated heterocycles. The first-order valence-corrected chi connectivity index (χ1v) is 10.3. The summed E-state index contributed by atoms with van der Waals surface area (Å²) in [5.74, 6) is 1.37. The number of esters is 1. The molecule has 1 aliphatic rings. The second-order valence-electron chi connectivity index (χ2n) is 6.91. The number of carbonyl (C=O) groups is 1. The van der Waals surface area contributed by atoms with Gasteiger partial charge in [0.1, 0.15) is 18.2 Å². The summed E-state index contributed by atoms with van der Waals surface area (Å²) < 4.78 is 28.5. The van der Waals surface area contributed by atoms with Crippen molar-refractivity contribution in [1.29, 1.82) is 0 Å². The Labute approximate surface area is 172 Å². The summed E-state index contributed by atoms with van der Waals surface area (Å²) in [6, 6.07) is 0.0985. The molecule has 1 aromatic rings. The minimum Gasteiger partial charge on any atom is -0.462 e. The fourth-order valence-electron chi connectivity index (χ4n) is 2.72. The molecular formula is C17H24N3O9P. The molecule has 0 saturated carbocycles. The van der Waals surface area contributed by atoms with Gasteiger partial charge < -0.3 is 24.2 Å². The van der Waals surface area contributed by atoms with Crippen LogP contribution < -0.4 is 16.3 Å². The summed E-state index contributed by atoms with van der Waals surface area (Å²) in [6.45, 7) is 4.29. The van der Waals surface area contributed by atoms with Crippen LogP contribution in [0.3, 0.4) is 0 Å². The van der Waals surface area contributed by atoms with E-state index in [1.54, 1.807) is 13.8 Å². The topological polar surface area (TPSA) is 169 Å². The maximum atomic E-state index is 12.1. The molecule has 0 amide bonds. The van der Waals surface area contributed by atoms with E-state index in [4.69, 9.17) is 20.4 Å². The smallest absolute Gasteiger partial charge is 0.330 e. The van der Waals surface area contributed by atoms with Crippen LogP contribution in [0.2, 0.25) is 0 Å². The maximum Gasteiger partial charge on any atom is 0.330 e. The van der Waals surface area contributed by atoms with Crippen molar-refractivity contribution >= 4 is 14.1 Å². The van der Waals surface area contributed by atoms with Crippen molar-refractivity contribution in [3.63, 3.8) is 0 Å². The lowest BCUT2D eigenvalue weighted by Crippen LogP contribution is -2.48. The third kappa shape index (κ3) is 5.26. The molecule has 1 fully saturated rings. The van der Waals surface area contributed by atoms with E-state index in [9.17, 15) is 29.2 Å². The third-order valence-electron chi connectivity index (χ3n) is 4.24. The number of hydrogen-bond donors (Lipinski definition) is 4. The Morgan fingerprint density at radius 3 is 2.73 bits per heavy atom. The molecule has 0 spiro atoms. The first kappa shape index (κ1) is 24.0. The molecule has 12 nitrogen and oxygen atoms in total. The number of aromatic nitrogens is 2. The molecule has 2 rings (SSSR count). The number of nitrogens with one attached hydrogen (secondary N) is 2. The van der Waals surface area contributed by atoms with Gasteiger partial charge in [0.25, 0.3) is 13.7 Å². The van der Waals surface area contributed by atoms with Gasteiger partial charge in [-0.05, 0) is 20.8 Å². The summed E-state index contributed by atoms with van der Waals surface area (Å²) in [6.07, 6.45) is 1.54. The van der Waals surface area contributed by atoms with E-state index in [1.165, 1.54) is 6.92 Å². The Kier molecular flexibility index (Phi) is 7.76. The van der Waals surface area contributed by atoms with Crippen LogP contribution in [0.15, 0.2) is 21.9 Å². The molecule has 1 unspecified atom stereocenters. The average molecular weight is 445 g/mol. The van der Waals surface area contributed by atoms with E-state index >= 15 is 0 Å². The van der Waals surface area contributed by atoms with E-state index < -0.39 is 62.1 Å². The Balaban J connectivity index is 2.06. The van der Waals surface area contributed by atoms with Gasteiger partial charge in [-0.3, -0.25) is 23.7 Å². The number of ether oxygens (including phenoxy) is 2. The number of aliphatic hydroxyl groups excluding tert-OH is 1. The average Bonchev–Trinajstić information content (AvgIpc) is 2.91. The lowest BCUT2D eigenvalue weighted by molar-refractivity contribution is -0.149. The molecule has 2 heterocycles. The lowest BCUT2D eigenvalue weighted by Gasteiger charge is -2.26. The molecule has 30 heavy (non-hydrogen) atoms. The van der Waals surface area contributed by atoms with Crippen LogP contribution in [0.1, 0.15) is 27.0 Å². The number of H-pyrrole nitrogens is 1. The van der Waals surface area contributed by atoms with Crippen molar-refractivity contribution in [2.24, 2.45) is 0 Å². The number of rotatable bonds is 8. The predicted octanol–water partition coefficient (Wildman–Crippen LogP) is -1.50. The molecule has 4 N–H and O–H groups in total. The van der Waals surface area contributed by atoms with Crippen molar-refractivity contribution in [3.8, 4) is 12.3 Å². The summed E-state index contributed by atoms with van der Waals surface area (Å²) in [5.41, 5.74) is -3.91. The minimum absolute atomic E-state index is 0.346. The second-order valence-corrected chi connectivity index (χ2v) is 8.06. The van der Waals surface area contributed by atoms with Crippen molar-refractivity contribution in [2.45, 2.75) is 57.0 Å². The lowest BCUT2D eigenvalue weighted by atomic mass is 9.95. The van der Waals surface area contributed by atoms with E-state index in [0.717, 1.165) is 16.8 Å². The Hall–Kier alpha value is -2.26. The van der Waals surface area contributed by atoms with Crippen LogP contribution in [-0.4, -0.2) is 62.3 Å². The van der Waals surface area contributed by atoms with Crippen LogP contribution in [0.4, 0.5) is 0 Å². The van der Waals surface area contributed by atoms with Gasteiger partial charge in [-0.1, -0.05) is 5.92 Å². The fourth-order valence-corrected chi connectivity index (χ4v) is 3.59. The monoisotopic (exact) mass is 445 g/mol. The molecule has 13 heteroatoms. The normalized spacial score (nSPS) is 28.1. The van der Waals surface area contributed by atoms with Crippen molar-refractivity contribution in [1.82, 2.24) is 14.6 Å². The second kappa shape index (κ2) is 9.70. The number of terminal acetylenes is 1. The summed E-state index contributed by atoms with van der Waals surface area (Å²) in [5, 5.41) is 23.5. The molecule has 1 aromatic heterocycles. The number of hydrogen-bond acceptors (Lipinski definition) is 9.